The summed E-state index contributed by atoms with van der Waals surface area (Å²) in [4.78, 5) is 34.6. The van der Waals surface area contributed by atoms with Gasteiger partial charge in [0.1, 0.15) is 0 Å². The molecule has 0 radical (unpaired) electrons. The number of hydrogen-bond acceptors (Lipinski definition) is 4. The molecule has 0 saturated carbocycles. The van der Waals surface area contributed by atoms with Gasteiger partial charge in [0.2, 0.25) is 5.91 Å². The first-order valence-corrected chi connectivity index (χ1v) is 9.81. The summed E-state index contributed by atoms with van der Waals surface area (Å²) in [6.45, 7) is 1.73. The van der Waals surface area contributed by atoms with E-state index in [4.69, 9.17) is 5.11 Å². The maximum Gasteiger partial charge on any atom is 0.336 e. The van der Waals surface area contributed by atoms with Crippen LogP contribution < -0.4 is 16.0 Å². The standard InChI is InChI=1S/C18H23N3O4S/c1-10-6-7-11(8-12(10)17(23)24)19-15(22)5-3-2-4-14-16-13(9-26-14)20-18(25)21-16/h6-8,13-14,16H,2-5,9H2,1H3,(H,19,22)(H,23,24)(H2,20,21,25)/t13-,14-,16-/m0/s1. The Bertz CT molecular complexity index is 724. The second-order valence-electron chi connectivity index (χ2n) is 6.75. The Balaban J connectivity index is 1.40. The van der Waals surface area contributed by atoms with Gasteiger partial charge in [0.05, 0.1) is 17.6 Å². The number of urea groups is 1. The summed E-state index contributed by atoms with van der Waals surface area (Å²) in [5, 5.41) is 18.2. The van der Waals surface area contributed by atoms with Crippen LogP contribution in [0.25, 0.3) is 0 Å². The van der Waals surface area contributed by atoms with Crippen molar-refractivity contribution >= 4 is 35.4 Å². The van der Waals surface area contributed by atoms with Crippen LogP contribution in [0.4, 0.5) is 10.5 Å². The second-order valence-corrected chi connectivity index (χ2v) is 8.02. The monoisotopic (exact) mass is 377 g/mol. The Morgan fingerprint density at radius 1 is 1.31 bits per heavy atom. The van der Waals surface area contributed by atoms with Crippen molar-refractivity contribution in [3.63, 3.8) is 0 Å². The molecular formula is C18H23N3O4S. The van der Waals surface area contributed by atoms with Gasteiger partial charge in [0.25, 0.3) is 0 Å². The molecule has 3 atom stereocenters. The van der Waals surface area contributed by atoms with Gasteiger partial charge in [-0.05, 0) is 37.5 Å². The lowest BCUT2D eigenvalue weighted by molar-refractivity contribution is -0.116. The molecule has 4 N–H and O–H groups in total. The van der Waals surface area contributed by atoms with Crippen LogP contribution >= 0.6 is 11.8 Å². The molecule has 1 aromatic rings. The Morgan fingerprint density at radius 3 is 2.88 bits per heavy atom. The molecule has 2 aliphatic heterocycles. The van der Waals surface area contributed by atoms with Gasteiger partial charge < -0.3 is 21.1 Å². The number of carboxylic acid groups (broad SMARTS) is 1. The smallest absolute Gasteiger partial charge is 0.336 e. The van der Waals surface area contributed by atoms with Crippen molar-refractivity contribution in [2.24, 2.45) is 0 Å². The fourth-order valence-electron chi connectivity index (χ4n) is 3.43. The zero-order chi connectivity index (χ0) is 18.7. The molecule has 3 rings (SSSR count). The SMILES string of the molecule is Cc1ccc(NC(=O)CCCC[C@@H]2SC[C@@H]3NC(=O)N[C@@H]32)cc1C(=O)O. The first-order chi connectivity index (χ1) is 12.4. The predicted molar refractivity (Wildman–Crippen MR) is 101 cm³/mol. The number of unbranched alkanes of at least 4 members (excludes halogenated alkanes) is 1. The zero-order valence-electron chi connectivity index (χ0n) is 14.6. The molecule has 0 unspecified atom stereocenters. The lowest BCUT2D eigenvalue weighted by atomic mass is 10.0. The molecule has 2 saturated heterocycles. The number of aromatic carboxylic acids is 1. The quantitative estimate of drug-likeness (QED) is 0.431. The summed E-state index contributed by atoms with van der Waals surface area (Å²) < 4.78 is 0. The van der Waals surface area contributed by atoms with Crippen molar-refractivity contribution in [3.05, 3.63) is 29.3 Å². The van der Waals surface area contributed by atoms with Crippen LogP contribution in [0.5, 0.6) is 0 Å². The summed E-state index contributed by atoms with van der Waals surface area (Å²) in [7, 11) is 0. The number of benzene rings is 1. The van der Waals surface area contributed by atoms with Crippen LogP contribution in [0.2, 0.25) is 0 Å². The van der Waals surface area contributed by atoms with E-state index in [0.717, 1.165) is 25.0 Å². The number of anilines is 1. The number of carbonyl (C=O) groups excluding carboxylic acids is 2. The number of rotatable bonds is 7. The zero-order valence-corrected chi connectivity index (χ0v) is 15.4. The van der Waals surface area contributed by atoms with E-state index in [9.17, 15) is 14.4 Å². The van der Waals surface area contributed by atoms with E-state index in [2.05, 4.69) is 16.0 Å². The third-order valence-corrected chi connectivity index (χ3v) is 6.34. The van der Waals surface area contributed by atoms with Gasteiger partial charge in [-0.15, -0.1) is 0 Å². The highest BCUT2D eigenvalue weighted by atomic mass is 32.2. The lowest BCUT2D eigenvalue weighted by Crippen LogP contribution is -2.36. The minimum Gasteiger partial charge on any atom is -0.478 e. The Morgan fingerprint density at radius 2 is 2.12 bits per heavy atom. The van der Waals surface area contributed by atoms with E-state index in [1.807, 2.05) is 11.8 Å². The molecule has 2 fully saturated rings. The first-order valence-electron chi connectivity index (χ1n) is 8.76. The maximum atomic E-state index is 12.1. The minimum absolute atomic E-state index is 0.0801. The van der Waals surface area contributed by atoms with Crippen LogP contribution in [0.1, 0.15) is 41.6 Å². The highest BCUT2D eigenvalue weighted by Gasteiger charge is 2.42. The number of amides is 3. The van der Waals surface area contributed by atoms with Crippen LogP contribution in [0.3, 0.4) is 0 Å². The predicted octanol–water partition coefficient (Wildman–Crippen LogP) is 2.36. The van der Waals surface area contributed by atoms with Gasteiger partial charge in [0.15, 0.2) is 0 Å². The van der Waals surface area contributed by atoms with E-state index >= 15 is 0 Å². The largest absolute Gasteiger partial charge is 0.478 e. The van der Waals surface area contributed by atoms with Gasteiger partial charge in [-0.2, -0.15) is 11.8 Å². The number of carbonyl (C=O) groups is 3. The summed E-state index contributed by atoms with van der Waals surface area (Å²) in [5.41, 5.74) is 1.37. The third kappa shape index (κ3) is 4.30. The lowest BCUT2D eigenvalue weighted by Gasteiger charge is -2.16. The van der Waals surface area contributed by atoms with Gasteiger partial charge in [-0.1, -0.05) is 12.5 Å². The maximum absolute atomic E-state index is 12.1. The molecule has 3 amide bonds. The minimum atomic E-state index is -1.00. The molecule has 0 aliphatic carbocycles. The number of thioether (sulfide) groups is 1. The van der Waals surface area contributed by atoms with Gasteiger partial charge in [-0.25, -0.2) is 9.59 Å². The molecule has 7 nitrogen and oxygen atoms in total. The summed E-state index contributed by atoms with van der Waals surface area (Å²) >= 11 is 1.87. The second kappa shape index (κ2) is 7.99. The molecule has 2 aliphatic rings. The van der Waals surface area contributed by atoms with Crippen molar-refractivity contribution in [3.8, 4) is 0 Å². The average Bonchev–Trinajstić information content (AvgIpc) is 3.12. The number of hydrogen-bond donors (Lipinski definition) is 4. The fourth-order valence-corrected chi connectivity index (χ4v) is 4.97. The van der Waals surface area contributed by atoms with E-state index in [1.54, 1.807) is 19.1 Å². The van der Waals surface area contributed by atoms with E-state index < -0.39 is 5.97 Å². The number of fused-ring (bicyclic) bond motifs is 1. The van der Waals surface area contributed by atoms with Crippen molar-refractivity contribution in [2.75, 3.05) is 11.1 Å². The summed E-state index contributed by atoms with van der Waals surface area (Å²) in [6, 6.07) is 5.24. The van der Waals surface area contributed by atoms with Crippen LogP contribution in [-0.2, 0) is 4.79 Å². The van der Waals surface area contributed by atoms with Crippen LogP contribution in [0.15, 0.2) is 18.2 Å². The van der Waals surface area contributed by atoms with Crippen LogP contribution in [-0.4, -0.2) is 46.1 Å². The molecule has 2 heterocycles. The summed E-state index contributed by atoms with van der Waals surface area (Å²) in [6.07, 6.45) is 3.04. The van der Waals surface area contributed by atoms with Gasteiger partial charge in [0, 0.05) is 23.1 Å². The Kier molecular flexibility index (Phi) is 5.70. The Hall–Kier alpha value is -2.22. The van der Waals surface area contributed by atoms with Crippen LogP contribution in [0, 0.1) is 6.92 Å². The van der Waals surface area contributed by atoms with E-state index in [1.165, 1.54) is 6.07 Å². The molecule has 8 heteroatoms. The van der Waals surface area contributed by atoms with Gasteiger partial charge in [-0.3, -0.25) is 4.79 Å². The average molecular weight is 377 g/mol. The number of nitrogens with one attached hydrogen (secondary N) is 3. The number of aryl methyl sites for hydroxylation is 1. The van der Waals surface area contributed by atoms with Crippen molar-refractivity contribution < 1.29 is 19.5 Å². The highest BCUT2D eigenvalue weighted by molar-refractivity contribution is 8.00. The fraction of sp³-hybridized carbons (Fsp3) is 0.500. The molecule has 1 aromatic carbocycles. The van der Waals surface area contributed by atoms with Crippen molar-refractivity contribution in [1.82, 2.24) is 10.6 Å². The van der Waals surface area contributed by atoms with Crippen molar-refractivity contribution in [2.45, 2.75) is 49.9 Å². The van der Waals surface area contributed by atoms with Crippen molar-refractivity contribution in [1.29, 1.82) is 0 Å². The highest BCUT2D eigenvalue weighted by Crippen LogP contribution is 2.33. The van der Waals surface area contributed by atoms with Gasteiger partial charge >= 0.3 is 12.0 Å². The molecular weight excluding hydrogens is 354 g/mol. The van der Waals surface area contributed by atoms with E-state index in [-0.39, 0.29) is 29.6 Å². The molecule has 0 spiro atoms. The first kappa shape index (κ1) is 18.6. The van der Waals surface area contributed by atoms with E-state index in [0.29, 0.717) is 22.9 Å². The number of carboxylic acids is 1. The molecule has 140 valence electrons. The topological polar surface area (TPSA) is 108 Å². The normalized spacial score (nSPS) is 23.9. The summed E-state index contributed by atoms with van der Waals surface area (Å²) in [5.74, 6) is -0.175. The molecule has 0 aromatic heterocycles. The molecule has 26 heavy (non-hydrogen) atoms. The Labute approximate surface area is 156 Å². The molecule has 0 bridgehead atoms. The third-order valence-electron chi connectivity index (χ3n) is 4.83.